The fraction of sp³-hybridized carbons (Fsp3) is 0.800. The van der Waals surface area contributed by atoms with Crippen LogP contribution in [0.25, 0.3) is 0 Å². The van der Waals surface area contributed by atoms with Crippen LogP contribution in [0.3, 0.4) is 0 Å². The average molecular weight is 155 g/mol. The smallest absolute Gasteiger partial charge is 0.00144 e. The van der Waals surface area contributed by atoms with Gasteiger partial charge in [-0.15, -0.1) is 0 Å². The third-order valence-electron chi connectivity index (χ3n) is 1.85. The Kier molecular flexibility index (Phi) is 7.59. The number of hydrogen-bond donors (Lipinski definition) is 1. The molecule has 0 rings (SSSR count). The fourth-order valence-electron chi connectivity index (χ4n) is 0.827. The summed E-state index contributed by atoms with van der Waals surface area (Å²) in [5, 5.41) is 3.29. The number of hydrogen-bond acceptors (Lipinski definition) is 1. The molecule has 0 heterocycles. The molecular weight excluding hydrogens is 134 g/mol. The summed E-state index contributed by atoms with van der Waals surface area (Å²) in [6, 6.07) is 0. The van der Waals surface area contributed by atoms with Crippen LogP contribution in [-0.4, -0.2) is 13.1 Å². The summed E-state index contributed by atoms with van der Waals surface area (Å²) in [5.74, 6) is 0.747. The van der Waals surface area contributed by atoms with E-state index in [0.717, 1.165) is 25.4 Å². The minimum absolute atomic E-state index is 0.747. The third kappa shape index (κ3) is 7.60. The zero-order chi connectivity index (χ0) is 8.53. The van der Waals surface area contributed by atoms with E-state index in [1.54, 1.807) is 0 Å². The Morgan fingerprint density at radius 2 is 2.09 bits per heavy atom. The first-order valence-electron chi connectivity index (χ1n) is 4.68. The van der Waals surface area contributed by atoms with E-state index >= 15 is 0 Å². The van der Waals surface area contributed by atoms with Crippen LogP contribution in [0.15, 0.2) is 12.2 Å². The second-order valence-electron chi connectivity index (χ2n) is 2.96. The predicted octanol–water partition coefficient (Wildman–Crippen LogP) is 2.59. The standard InChI is InChI=1S/C10H21N/c1-4-10(3)8-6-7-9-11-5-2/h6,8,10-11H,4-5,7,9H2,1-3H3. The molecule has 0 aromatic heterocycles. The van der Waals surface area contributed by atoms with E-state index in [0.29, 0.717) is 0 Å². The number of nitrogens with one attached hydrogen (secondary N) is 1. The SMILES string of the molecule is CCNCCC=CC(C)CC. The van der Waals surface area contributed by atoms with Crippen LogP contribution < -0.4 is 5.32 Å². The van der Waals surface area contributed by atoms with Crippen molar-refractivity contribution in [2.24, 2.45) is 5.92 Å². The van der Waals surface area contributed by atoms with Gasteiger partial charge < -0.3 is 5.32 Å². The molecule has 1 heteroatoms. The van der Waals surface area contributed by atoms with Crippen LogP contribution in [0.2, 0.25) is 0 Å². The van der Waals surface area contributed by atoms with E-state index in [-0.39, 0.29) is 0 Å². The van der Waals surface area contributed by atoms with Gasteiger partial charge in [0.05, 0.1) is 0 Å². The van der Waals surface area contributed by atoms with Gasteiger partial charge in [0.15, 0.2) is 0 Å². The molecule has 0 fully saturated rings. The fourth-order valence-corrected chi connectivity index (χ4v) is 0.827. The molecule has 0 amide bonds. The lowest BCUT2D eigenvalue weighted by Gasteiger charge is -1.99. The summed E-state index contributed by atoms with van der Waals surface area (Å²) < 4.78 is 0. The molecule has 66 valence electrons. The Hall–Kier alpha value is -0.300. The highest BCUT2D eigenvalue weighted by atomic mass is 14.8. The molecule has 0 bridgehead atoms. The topological polar surface area (TPSA) is 12.0 Å². The minimum atomic E-state index is 0.747. The van der Waals surface area contributed by atoms with Crippen LogP contribution in [-0.2, 0) is 0 Å². The molecule has 0 saturated heterocycles. The maximum Gasteiger partial charge on any atom is -0.00144 e. The van der Waals surface area contributed by atoms with Crippen LogP contribution in [0.4, 0.5) is 0 Å². The first-order chi connectivity index (χ1) is 5.31. The minimum Gasteiger partial charge on any atom is -0.317 e. The van der Waals surface area contributed by atoms with E-state index in [2.05, 4.69) is 38.2 Å². The molecule has 0 spiro atoms. The first-order valence-corrected chi connectivity index (χ1v) is 4.68. The van der Waals surface area contributed by atoms with E-state index in [1.165, 1.54) is 6.42 Å². The van der Waals surface area contributed by atoms with Crippen molar-refractivity contribution in [3.63, 3.8) is 0 Å². The van der Waals surface area contributed by atoms with Crippen molar-refractivity contribution in [3.05, 3.63) is 12.2 Å². The molecule has 0 aromatic carbocycles. The van der Waals surface area contributed by atoms with Gasteiger partial charge in [0.25, 0.3) is 0 Å². The number of rotatable bonds is 6. The van der Waals surface area contributed by atoms with Crippen LogP contribution in [0, 0.1) is 5.92 Å². The summed E-state index contributed by atoms with van der Waals surface area (Å²) in [4.78, 5) is 0. The Labute approximate surface area is 70.9 Å². The molecule has 11 heavy (non-hydrogen) atoms. The van der Waals surface area contributed by atoms with Gasteiger partial charge in [0.1, 0.15) is 0 Å². The first kappa shape index (κ1) is 10.7. The molecule has 1 N–H and O–H groups in total. The van der Waals surface area contributed by atoms with Gasteiger partial charge in [-0.05, 0) is 25.4 Å². The summed E-state index contributed by atoms with van der Waals surface area (Å²) in [7, 11) is 0. The summed E-state index contributed by atoms with van der Waals surface area (Å²) in [6.45, 7) is 8.81. The average Bonchev–Trinajstić information content (AvgIpc) is 2.04. The maximum atomic E-state index is 3.29. The van der Waals surface area contributed by atoms with Gasteiger partial charge in [-0.1, -0.05) is 39.3 Å². The van der Waals surface area contributed by atoms with Gasteiger partial charge >= 0.3 is 0 Å². The van der Waals surface area contributed by atoms with E-state index in [9.17, 15) is 0 Å². The molecule has 1 atom stereocenters. The quantitative estimate of drug-likeness (QED) is 0.459. The Morgan fingerprint density at radius 3 is 2.64 bits per heavy atom. The summed E-state index contributed by atoms with van der Waals surface area (Å²) >= 11 is 0. The van der Waals surface area contributed by atoms with Crippen molar-refractivity contribution in [1.29, 1.82) is 0 Å². The highest BCUT2D eigenvalue weighted by molar-refractivity contribution is 4.85. The van der Waals surface area contributed by atoms with Crippen molar-refractivity contribution in [2.75, 3.05) is 13.1 Å². The molecule has 0 aliphatic carbocycles. The van der Waals surface area contributed by atoms with E-state index in [1.807, 2.05) is 0 Å². The second kappa shape index (κ2) is 7.80. The van der Waals surface area contributed by atoms with Gasteiger partial charge in [-0.25, -0.2) is 0 Å². The van der Waals surface area contributed by atoms with Crippen molar-refractivity contribution in [1.82, 2.24) is 5.32 Å². The van der Waals surface area contributed by atoms with Crippen molar-refractivity contribution >= 4 is 0 Å². The third-order valence-corrected chi connectivity index (χ3v) is 1.85. The molecule has 1 unspecified atom stereocenters. The van der Waals surface area contributed by atoms with Crippen molar-refractivity contribution in [3.8, 4) is 0 Å². The van der Waals surface area contributed by atoms with Gasteiger partial charge in [0.2, 0.25) is 0 Å². The lowest BCUT2D eigenvalue weighted by atomic mass is 10.1. The Balaban J connectivity index is 3.15. The predicted molar refractivity (Wildman–Crippen MR) is 51.8 cm³/mol. The Bertz CT molecular complexity index is 97.0. The van der Waals surface area contributed by atoms with Crippen molar-refractivity contribution in [2.45, 2.75) is 33.6 Å². The highest BCUT2D eigenvalue weighted by Crippen LogP contribution is 2.01. The van der Waals surface area contributed by atoms with Crippen LogP contribution >= 0.6 is 0 Å². The Morgan fingerprint density at radius 1 is 1.36 bits per heavy atom. The molecule has 0 radical (unpaired) electrons. The zero-order valence-corrected chi connectivity index (χ0v) is 8.06. The highest BCUT2D eigenvalue weighted by Gasteiger charge is 1.88. The summed E-state index contributed by atoms with van der Waals surface area (Å²) in [6.07, 6.45) is 6.99. The second-order valence-corrected chi connectivity index (χ2v) is 2.96. The van der Waals surface area contributed by atoms with E-state index < -0.39 is 0 Å². The zero-order valence-electron chi connectivity index (χ0n) is 8.06. The molecule has 0 saturated carbocycles. The van der Waals surface area contributed by atoms with Gasteiger partial charge in [-0.2, -0.15) is 0 Å². The number of allylic oxidation sites excluding steroid dienone is 1. The lowest BCUT2D eigenvalue weighted by Crippen LogP contribution is -2.12. The van der Waals surface area contributed by atoms with Crippen LogP contribution in [0.1, 0.15) is 33.6 Å². The maximum absolute atomic E-state index is 3.29. The molecule has 0 aliphatic heterocycles. The largest absolute Gasteiger partial charge is 0.317 e. The van der Waals surface area contributed by atoms with Crippen LogP contribution in [0.5, 0.6) is 0 Å². The molecule has 1 nitrogen and oxygen atoms in total. The van der Waals surface area contributed by atoms with E-state index in [4.69, 9.17) is 0 Å². The molecule has 0 aliphatic rings. The summed E-state index contributed by atoms with van der Waals surface area (Å²) in [5.41, 5.74) is 0. The van der Waals surface area contributed by atoms with Crippen molar-refractivity contribution < 1.29 is 0 Å². The van der Waals surface area contributed by atoms with Gasteiger partial charge in [0, 0.05) is 0 Å². The molecular formula is C10H21N. The monoisotopic (exact) mass is 155 g/mol. The normalized spacial score (nSPS) is 14.1. The lowest BCUT2D eigenvalue weighted by molar-refractivity contribution is 0.686. The molecule has 0 aromatic rings. The van der Waals surface area contributed by atoms with Gasteiger partial charge in [-0.3, -0.25) is 0 Å².